The average Bonchev–Trinajstić information content (AvgIpc) is 3.31. The second-order valence-electron chi connectivity index (χ2n) is 19.3. The molecule has 4 aliphatic heterocycles. The van der Waals surface area contributed by atoms with Crippen molar-refractivity contribution in [1.29, 1.82) is 0 Å². The number of carbonyl (C=O) groups excluding carboxylic acids is 4. The van der Waals surface area contributed by atoms with Crippen molar-refractivity contribution < 1.29 is 34.8 Å². The molecule has 0 saturated carbocycles. The zero-order chi connectivity index (χ0) is 51.4. The SMILES string of the molecule is C#CC.CC[C@H]1CN(c2nc(N)c(C(=O)NN)nc2Cl)CCN1C1CCN(C(=O)OC(C)(C)C)CC1.CC[C@H]1CN(c2nc(N)c(C(=O)OC)nc2Cl)CCN1C1CCN(C(=O)OC(C)(C)C)CC1.[2HH]. The molecule has 0 spiro atoms. The number of methoxy groups -OCH3 is 1. The third-order valence-electron chi connectivity index (χ3n) is 12.2. The highest BCUT2D eigenvalue weighted by Crippen LogP contribution is 2.32. The van der Waals surface area contributed by atoms with Gasteiger partial charge in [-0.2, -0.15) is 0 Å². The van der Waals surface area contributed by atoms with Crippen LogP contribution in [-0.2, 0) is 14.2 Å². The van der Waals surface area contributed by atoms with Gasteiger partial charge < -0.3 is 45.3 Å². The predicted octanol–water partition coefficient (Wildman–Crippen LogP) is 5.30. The fourth-order valence-electron chi connectivity index (χ4n) is 8.95. The first-order valence-electron chi connectivity index (χ1n) is 23.6. The monoisotopic (exact) mass is 1010 g/mol. The van der Waals surface area contributed by atoms with Gasteiger partial charge in [0.15, 0.2) is 45.0 Å². The van der Waals surface area contributed by atoms with Gasteiger partial charge in [-0.15, -0.1) is 12.3 Å². The van der Waals surface area contributed by atoms with Gasteiger partial charge in [-0.05, 0) is 87.0 Å². The van der Waals surface area contributed by atoms with Crippen molar-refractivity contribution in [3.05, 3.63) is 21.7 Å². The minimum absolute atomic E-state index is 0. The van der Waals surface area contributed by atoms with E-state index in [0.29, 0.717) is 75.1 Å². The summed E-state index contributed by atoms with van der Waals surface area (Å²) in [7, 11) is 1.26. The molecule has 2 atom stereocenters. The van der Waals surface area contributed by atoms with Crippen molar-refractivity contribution in [2.45, 2.75) is 136 Å². The molecule has 6 heterocycles. The highest BCUT2D eigenvalue weighted by molar-refractivity contribution is 6.32. The molecule has 2 aromatic rings. The maximum atomic E-state index is 12.4. The number of nitrogens with zero attached hydrogens (tertiary/aromatic N) is 10. The van der Waals surface area contributed by atoms with Crippen LogP contribution in [0.3, 0.4) is 0 Å². The number of hydrazine groups is 1. The number of nitrogen functional groups attached to an aromatic ring is 3. The van der Waals surface area contributed by atoms with E-state index in [9.17, 15) is 19.2 Å². The number of likely N-dealkylation sites (tertiary alicyclic amines) is 2. The number of hydrogen-bond donors (Lipinski definition) is 4. The summed E-state index contributed by atoms with van der Waals surface area (Å²) in [6.07, 6.45) is 9.68. The van der Waals surface area contributed by atoms with Crippen LogP contribution in [0.2, 0.25) is 10.3 Å². The number of terminal acetylenes is 1. The number of amides is 3. The van der Waals surface area contributed by atoms with Gasteiger partial charge in [-0.1, -0.05) is 37.0 Å². The number of hydrogen-bond acceptors (Lipinski definition) is 18. The van der Waals surface area contributed by atoms with E-state index in [1.807, 2.05) is 47.0 Å². The maximum absolute atomic E-state index is 12.4. The quantitative estimate of drug-likeness (QED) is 0.0653. The van der Waals surface area contributed by atoms with Crippen LogP contribution in [0.5, 0.6) is 0 Å². The first-order valence-corrected chi connectivity index (χ1v) is 24.3. The number of rotatable bonds is 8. The molecule has 2 aromatic heterocycles. The van der Waals surface area contributed by atoms with Gasteiger partial charge in [-0.3, -0.25) is 20.0 Å². The molecule has 4 aliphatic rings. The molecule has 6 rings (SSSR count). The Morgan fingerprint density at radius 1 is 0.696 bits per heavy atom. The Bertz CT molecular complexity index is 1980. The molecule has 0 unspecified atom stereocenters. The number of piperazine rings is 2. The second kappa shape index (κ2) is 25.1. The third kappa shape index (κ3) is 15.4. The van der Waals surface area contributed by atoms with E-state index in [-0.39, 0.29) is 46.9 Å². The Balaban J connectivity index is 0.000000346. The van der Waals surface area contributed by atoms with Crippen LogP contribution in [0.4, 0.5) is 32.9 Å². The Kier molecular flexibility index (Phi) is 20.5. The Morgan fingerprint density at radius 2 is 1.06 bits per heavy atom. The molecular formula is C46H76Cl2N14O7. The zero-order valence-corrected chi connectivity index (χ0v) is 43.5. The number of esters is 1. The van der Waals surface area contributed by atoms with E-state index in [0.717, 1.165) is 64.7 Å². The minimum atomic E-state index is -0.664. The summed E-state index contributed by atoms with van der Waals surface area (Å²) in [6, 6.07) is 1.40. The molecule has 23 heteroatoms. The summed E-state index contributed by atoms with van der Waals surface area (Å²) in [5, 5.41) is 0.260. The van der Waals surface area contributed by atoms with Crippen LogP contribution in [-0.4, -0.2) is 172 Å². The van der Waals surface area contributed by atoms with Gasteiger partial charge in [0.05, 0.1) is 7.11 Å². The third-order valence-corrected chi connectivity index (χ3v) is 12.7. The zero-order valence-electron chi connectivity index (χ0n) is 42.0. The van der Waals surface area contributed by atoms with Crippen molar-refractivity contribution >= 4 is 70.5 Å². The lowest BCUT2D eigenvalue weighted by atomic mass is 9.98. The predicted molar refractivity (Wildman–Crippen MR) is 270 cm³/mol. The van der Waals surface area contributed by atoms with Gasteiger partial charge in [-0.25, -0.2) is 40.2 Å². The summed E-state index contributed by atoms with van der Waals surface area (Å²) in [4.78, 5) is 78.1. The van der Waals surface area contributed by atoms with Crippen molar-refractivity contribution in [3.63, 3.8) is 0 Å². The lowest BCUT2D eigenvalue weighted by Crippen LogP contribution is -2.59. The Hall–Kier alpha value is -5.14. The molecule has 3 amide bonds. The van der Waals surface area contributed by atoms with E-state index in [1.54, 1.807) is 16.7 Å². The first-order chi connectivity index (χ1) is 32.5. The van der Waals surface area contributed by atoms with Gasteiger partial charge in [0.1, 0.15) is 11.2 Å². The summed E-state index contributed by atoms with van der Waals surface area (Å²) in [5.41, 5.74) is 12.7. The van der Waals surface area contributed by atoms with E-state index < -0.39 is 23.1 Å². The van der Waals surface area contributed by atoms with Crippen LogP contribution in [0.25, 0.3) is 0 Å². The minimum Gasteiger partial charge on any atom is -0.464 e. The first kappa shape index (κ1) is 56.4. The Labute approximate surface area is 418 Å². The van der Waals surface area contributed by atoms with Gasteiger partial charge in [0.2, 0.25) is 0 Å². The van der Waals surface area contributed by atoms with Crippen LogP contribution in [0, 0.1) is 12.3 Å². The summed E-state index contributed by atoms with van der Waals surface area (Å²) in [6.45, 7) is 24.6. The fourth-order valence-corrected chi connectivity index (χ4v) is 9.44. The number of carbonyl (C=O) groups is 4. The lowest BCUT2D eigenvalue weighted by molar-refractivity contribution is 0.00848. The molecule has 0 aliphatic carbocycles. The van der Waals surface area contributed by atoms with Crippen molar-refractivity contribution in [2.75, 3.05) is 93.8 Å². The molecule has 69 heavy (non-hydrogen) atoms. The molecule has 4 saturated heterocycles. The van der Waals surface area contributed by atoms with Crippen molar-refractivity contribution in [3.8, 4) is 12.3 Å². The lowest BCUT2D eigenvalue weighted by Gasteiger charge is -2.47. The van der Waals surface area contributed by atoms with Gasteiger partial charge in [0, 0.05) is 91.0 Å². The van der Waals surface area contributed by atoms with Crippen LogP contribution in [0.1, 0.15) is 123 Å². The average molecular weight is 1010 g/mol. The highest BCUT2D eigenvalue weighted by atomic mass is 35.5. The normalized spacial score (nSPS) is 19.8. The molecule has 0 radical (unpaired) electrons. The number of piperidine rings is 2. The molecule has 21 nitrogen and oxygen atoms in total. The maximum Gasteiger partial charge on any atom is 0.410 e. The van der Waals surface area contributed by atoms with E-state index >= 15 is 0 Å². The van der Waals surface area contributed by atoms with Crippen molar-refractivity contribution in [1.82, 2.24) is 45.0 Å². The topological polar surface area (TPSA) is 257 Å². The summed E-state index contributed by atoms with van der Waals surface area (Å²) in [5.74, 6) is 7.07. The fraction of sp³-hybridized carbons (Fsp3) is 0.696. The van der Waals surface area contributed by atoms with E-state index in [1.165, 1.54) is 7.11 Å². The largest absolute Gasteiger partial charge is 0.464 e. The molecule has 0 bridgehead atoms. The summed E-state index contributed by atoms with van der Waals surface area (Å²) >= 11 is 12.7. The van der Waals surface area contributed by atoms with Crippen LogP contribution in [0.15, 0.2) is 0 Å². The smallest absolute Gasteiger partial charge is 0.410 e. The number of halogens is 2. The number of aromatic nitrogens is 4. The van der Waals surface area contributed by atoms with E-state index in [4.69, 9.17) is 50.0 Å². The van der Waals surface area contributed by atoms with Crippen LogP contribution >= 0.6 is 23.2 Å². The summed E-state index contributed by atoms with van der Waals surface area (Å²) < 4.78 is 15.7. The molecule has 7 N–H and O–H groups in total. The number of nitrogens with one attached hydrogen (secondary N) is 1. The van der Waals surface area contributed by atoms with Gasteiger partial charge >= 0.3 is 18.2 Å². The number of ether oxygens (including phenoxy) is 3. The number of anilines is 4. The highest BCUT2D eigenvalue weighted by Gasteiger charge is 2.38. The van der Waals surface area contributed by atoms with E-state index in [2.05, 4.69) is 70.5 Å². The van der Waals surface area contributed by atoms with Crippen molar-refractivity contribution in [2.24, 2.45) is 5.84 Å². The molecule has 386 valence electrons. The number of nitrogens with two attached hydrogens (primary N) is 3. The second-order valence-corrected chi connectivity index (χ2v) is 20.0. The van der Waals surface area contributed by atoms with Crippen LogP contribution < -0.4 is 32.5 Å². The Morgan fingerprint density at radius 3 is 1.39 bits per heavy atom. The molecule has 4 fully saturated rings. The molecular weight excluding hydrogens is 932 g/mol. The standard InChI is InChI=1S/C22H35ClN6O4.C21H35ClN8O3.C3H4.H2/c1-6-14-13-28(19-17(23)25-16(18(24)26-19)20(30)32-5)11-12-29(14)15-7-9-27(10-8-15)21(31)33-22(2,3)4;1-5-13-12-29(18-16(22)25-15(17(23)26-18)19(31)27-24)10-11-30(13)14-6-8-28(9-7-14)20(32)33-21(2,3)4;1-3-2;/h14-15H,6-13H2,1-5H3,(H2,24,26);13-14H,5-12,24H2,1-4H3,(H2,23,26)(H,27,31);1H,2H3;1H/t14-;13-;;/m00../s1/i;;;1+1. The molecule has 0 aromatic carbocycles. The van der Waals surface area contributed by atoms with Gasteiger partial charge in [0.25, 0.3) is 5.91 Å².